The van der Waals surface area contributed by atoms with Crippen molar-refractivity contribution in [2.45, 2.75) is 0 Å². The second-order valence-corrected chi connectivity index (χ2v) is 8.30. The van der Waals surface area contributed by atoms with Crippen molar-refractivity contribution in [1.82, 2.24) is 0 Å². The Morgan fingerprint density at radius 3 is 0.960 bits per heavy atom. The third kappa shape index (κ3) is 8.03. The summed E-state index contributed by atoms with van der Waals surface area (Å²) >= 11 is 0. The average Bonchev–Trinajstić information content (AvgIpc) is 2.57. The Bertz CT molecular complexity index is 742. The summed E-state index contributed by atoms with van der Waals surface area (Å²) in [6, 6.07) is 32.5. The molecule has 0 spiro atoms. The van der Waals surface area contributed by atoms with Crippen molar-refractivity contribution < 1.29 is 37.9 Å². The molecule has 0 aliphatic heterocycles. The zero-order chi connectivity index (χ0) is 17.4. The monoisotopic (exact) mass is 467 g/mol. The summed E-state index contributed by atoms with van der Waals surface area (Å²) in [5.74, 6) is 0. The van der Waals surface area contributed by atoms with Crippen LogP contribution >= 0.6 is 7.92 Å². The maximum absolute atomic E-state index is 8.74. The Labute approximate surface area is 162 Å². The van der Waals surface area contributed by atoms with Crippen LogP contribution in [0.5, 0.6) is 0 Å². The van der Waals surface area contributed by atoms with Crippen molar-refractivity contribution in [3.8, 4) is 0 Å². The first-order valence-corrected chi connectivity index (χ1v) is 10.1. The van der Waals surface area contributed by atoms with Gasteiger partial charge in [-0.1, -0.05) is 54.6 Å². The molecule has 7 heteroatoms. The van der Waals surface area contributed by atoms with Crippen LogP contribution in [0.2, 0.25) is 0 Å². The summed E-state index contributed by atoms with van der Waals surface area (Å²) < 4.78 is 31.6. The molecule has 0 bridgehead atoms. The first kappa shape index (κ1) is 21.7. The molecule has 0 fully saturated rings. The van der Waals surface area contributed by atoms with Crippen LogP contribution in [0.4, 0.5) is 0 Å². The minimum atomic E-state index is -4.67. The van der Waals surface area contributed by atoms with Gasteiger partial charge in [0.15, 0.2) is 0 Å². The van der Waals surface area contributed by atoms with Crippen molar-refractivity contribution in [3.05, 3.63) is 91.0 Å². The molecule has 0 aromatic heterocycles. The molecule has 0 aliphatic carbocycles. The largest absolute Gasteiger partial charge is 0.394 e. The van der Waals surface area contributed by atoms with Crippen LogP contribution in [0.25, 0.3) is 0 Å². The maximum atomic E-state index is 8.74. The van der Waals surface area contributed by atoms with Gasteiger partial charge in [-0.2, -0.15) is 8.42 Å². The molecular formula is C18H18O4PPdS+. The first-order chi connectivity index (χ1) is 11.4. The normalized spacial score (nSPS) is 10.4. The van der Waals surface area contributed by atoms with Gasteiger partial charge in [0.2, 0.25) is 0 Å². The van der Waals surface area contributed by atoms with E-state index in [1.165, 1.54) is 15.9 Å². The topological polar surface area (TPSA) is 74.6 Å². The molecule has 0 saturated carbocycles. The molecule has 0 atom stereocenters. The Hall–Kier alpha value is -1.38. The molecule has 0 amide bonds. The quantitative estimate of drug-likeness (QED) is 0.353. The maximum Gasteiger partial charge on any atom is 0.394 e. The summed E-state index contributed by atoms with van der Waals surface area (Å²) in [6.45, 7) is 0. The van der Waals surface area contributed by atoms with Crippen LogP contribution in [0.1, 0.15) is 0 Å². The number of hydrogen-bond donors (Lipinski definition) is 2. The molecule has 25 heavy (non-hydrogen) atoms. The molecular weight excluding hydrogens is 450 g/mol. The van der Waals surface area contributed by atoms with Gasteiger partial charge in [-0.3, -0.25) is 9.11 Å². The van der Waals surface area contributed by atoms with E-state index in [0.717, 1.165) is 0 Å². The second-order valence-electron chi connectivity index (χ2n) is 4.92. The van der Waals surface area contributed by atoms with Crippen LogP contribution in [0, 0.1) is 0 Å². The van der Waals surface area contributed by atoms with Crippen LogP contribution in [-0.4, -0.2) is 17.5 Å². The third-order valence-electron chi connectivity index (χ3n) is 3.19. The van der Waals surface area contributed by atoms with Crippen LogP contribution in [0.3, 0.4) is 0 Å². The molecule has 3 aromatic rings. The van der Waals surface area contributed by atoms with Crippen LogP contribution in [0.15, 0.2) is 91.0 Å². The third-order valence-corrected chi connectivity index (χ3v) is 5.92. The van der Waals surface area contributed by atoms with Gasteiger partial charge in [0.05, 0.1) is 7.92 Å². The molecule has 0 saturated heterocycles. The van der Waals surface area contributed by atoms with E-state index in [9.17, 15) is 0 Å². The van der Waals surface area contributed by atoms with Gasteiger partial charge >= 0.3 is 10.4 Å². The van der Waals surface area contributed by atoms with Crippen molar-refractivity contribution in [3.63, 3.8) is 0 Å². The van der Waals surface area contributed by atoms with Gasteiger partial charge in [-0.05, 0) is 36.4 Å². The fourth-order valence-corrected chi connectivity index (χ4v) is 4.89. The molecule has 0 aliphatic rings. The zero-order valence-electron chi connectivity index (χ0n) is 13.1. The summed E-state index contributed by atoms with van der Waals surface area (Å²) in [6.07, 6.45) is 0. The molecule has 0 heterocycles. The van der Waals surface area contributed by atoms with E-state index >= 15 is 0 Å². The van der Waals surface area contributed by atoms with E-state index < -0.39 is 18.3 Å². The van der Waals surface area contributed by atoms with E-state index in [0.29, 0.717) is 0 Å². The molecule has 3 rings (SSSR count). The fourth-order valence-electron chi connectivity index (χ4n) is 2.31. The fraction of sp³-hybridized carbons (Fsp3) is 0. The number of rotatable bonds is 3. The van der Waals surface area contributed by atoms with Gasteiger partial charge < -0.3 is 0 Å². The second kappa shape index (κ2) is 10.6. The van der Waals surface area contributed by atoms with E-state index in [1.807, 2.05) is 0 Å². The van der Waals surface area contributed by atoms with Crippen LogP contribution < -0.4 is 15.9 Å². The van der Waals surface area contributed by atoms with Gasteiger partial charge in [0.25, 0.3) is 0 Å². The van der Waals surface area contributed by atoms with Gasteiger partial charge in [0.1, 0.15) is 15.9 Å². The number of hydrogen-bond acceptors (Lipinski definition) is 2. The van der Waals surface area contributed by atoms with E-state index in [-0.39, 0.29) is 20.4 Å². The summed E-state index contributed by atoms with van der Waals surface area (Å²) in [5, 5.41) is 4.31. The van der Waals surface area contributed by atoms with Crippen molar-refractivity contribution in [1.29, 1.82) is 0 Å². The molecule has 0 unspecified atom stereocenters. The smallest absolute Gasteiger partial charge is 0.264 e. The zero-order valence-corrected chi connectivity index (χ0v) is 16.5. The minimum Gasteiger partial charge on any atom is -0.264 e. The molecule has 4 nitrogen and oxygen atoms in total. The van der Waals surface area contributed by atoms with E-state index in [4.69, 9.17) is 17.5 Å². The Kier molecular flexibility index (Phi) is 9.17. The van der Waals surface area contributed by atoms with Gasteiger partial charge in [-0.25, -0.2) is 0 Å². The Balaban J connectivity index is 0.000000462. The number of benzene rings is 3. The molecule has 0 radical (unpaired) electrons. The Morgan fingerprint density at radius 1 is 0.560 bits per heavy atom. The van der Waals surface area contributed by atoms with E-state index in [2.05, 4.69) is 91.0 Å². The van der Waals surface area contributed by atoms with Crippen molar-refractivity contribution in [2.24, 2.45) is 0 Å². The van der Waals surface area contributed by atoms with E-state index in [1.54, 1.807) is 0 Å². The molecule has 3 aromatic carbocycles. The standard InChI is InChI=1S/C18H15P.H2O4S.Pd/c1-4-10-16(11-5-1)19(17-12-6-2-7-13-17)18-14-8-3-9-15-18;1-5(2,3)4;/h1-15H;(H2,1,2,3,4);/p+1. The first-order valence-electron chi connectivity index (χ1n) is 7.18. The Morgan fingerprint density at radius 2 is 0.760 bits per heavy atom. The summed E-state index contributed by atoms with van der Waals surface area (Å²) in [4.78, 5) is 0. The minimum absolute atomic E-state index is 0. The van der Waals surface area contributed by atoms with Crippen molar-refractivity contribution >= 4 is 34.2 Å². The van der Waals surface area contributed by atoms with Crippen LogP contribution in [-0.2, 0) is 30.8 Å². The predicted molar refractivity (Wildman–Crippen MR) is 101 cm³/mol. The van der Waals surface area contributed by atoms with Gasteiger partial charge in [-0.15, -0.1) is 0 Å². The van der Waals surface area contributed by atoms with Crippen molar-refractivity contribution in [2.75, 3.05) is 0 Å². The predicted octanol–water partition coefficient (Wildman–Crippen LogP) is 2.52. The van der Waals surface area contributed by atoms with Gasteiger partial charge in [0, 0.05) is 20.4 Å². The molecule has 134 valence electrons. The average molecular weight is 468 g/mol. The summed E-state index contributed by atoms with van der Waals surface area (Å²) in [7, 11) is -5.54. The summed E-state index contributed by atoms with van der Waals surface area (Å²) in [5.41, 5.74) is 0. The molecule has 2 N–H and O–H groups in total. The SMILES string of the molecule is O=S(=O)(O)O.[Pd].c1ccc([PH+](c2ccccc2)c2ccccc2)cc1.